The summed E-state index contributed by atoms with van der Waals surface area (Å²) in [4.78, 5) is 0. The zero-order valence-electron chi connectivity index (χ0n) is 11.4. The van der Waals surface area contributed by atoms with Gasteiger partial charge in [0.15, 0.2) is 0 Å². The molecule has 0 saturated carbocycles. The lowest BCUT2D eigenvalue weighted by atomic mass is 10.1. The Balaban J connectivity index is 1.76. The van der Waals surface area contributed by atoms with Crippen molar-refractivity contribution in [1.29, 1.82) is 0 Å². The number of ether oxygens (including phenoxy) is 1. The van der Waals surface area contributed by atoms with E-state index in [0.717, 1.165) is 12.2 Å². The third-order valence-electron chi connectivity index (χ3n) is 2.90. The predicted molar refractivity (Wildman–Crippen MR) is 73.6 cm³/mol. The third-order valence-corrected chi connectivity index (χ3v) is 2.90. The maximum atomic E-state index is 5.80. The molecule has 0 radical (unpaired) electrons. The molecule has 102 valence electrons. The molecule has 0 spiro atoms. The van der Waals surface area contributed by atoms with Crippen LogP contribution in [0.25, 0.3) is 0 Å². The first-order valence-electron chi connectivity index (χ1n) is 6.49. The van der Waals surface area contributed by atoms with Gasteiger partial charge < -0.3 is 10.1 Å². The molecule has 5 heteroatoms. The van der Waals surface area contributed by atoms with E-state index >= 15 is 0 Å². The molecule has 0 aliphatic carbocycles. The summed E-state index contributed by atoms with van der Waals surface area (Å²) in [5.74, 6) is 0. The van der Waals surface area contributed by atoms with Crippen molar-refractivity contribution in [3.8, 4) is 0 Å². The molecule has 1 atom stereocenters. The number of nitrogens with one attached hydrogen (secondary N) is 1. The Kier molecular flexibility index (Phi) is 5.06. The number of benzene rings is 1. The molecule has 1 aromatic heterocycles. The topological polar surface area (TPSA) is 52.0 Å². The van der Waals surface area contributed by atoms with Crippen LogP contribution < -0.4 is 5.32 Å². The van der Waals surface area contributed by atoms with E-state index in [1.165, 1.54) is 5.56 Å². The van der Waals surface area contributed by atoms with E-state index in [2.05, 4.69) is 34.7 Å². The second-order valence-electron chi connectivity index (χ2n) is 4.43. The molecule has 2 rings (SSSR count). The minimum Gasteiger partial charge on any atom is -0.372 e. The van der Waals surface area contributed by atoms with Crippen LogP contribution in [-0.4, -0.2) is 28.6 Å². The Bertz CT molecular complexity index is 483. The van der Waals surface area contributed by atoms with Crippen LogP contribution in [0.2, 0.25) is 0 Å². The van der Waals surface area contributed by atoms with Gasteiger partial charge in [0, 0.05) is 12.7 Å². The maximum absolute atomic E-state index is 5.80. The predicted octanol–water partition coefficient (Wildman–Crippen LogP) is 1.78. The first kappa shape index (κ1) is 13.7. The van der Waals surface area contributed by atoms with Crippen molar-refractivity contribution < 1.29 is 4.74 Å². The molecule has 0 saturated heterocycles. The molecule has 1 N–H and O–H groups in total. The van der Waals surface area contributed by atoms with Gasteiger partial charge in [-0.25, -0.2) is 4.68 Å². The second kappa shape index (κ2) is 7.01. The molecular weight excluding hydrogens is 240 g/mol. The molecule has 1 unspecified atom stereocenters. The molecule has 0 aliphatic rings. The van der Waals surface area contributed by atoms with Gasteiger partial charge in [0.25, 0.3) is 0 Å². The molecule has 1 aromatic carbocycles. The largest absolute Gasteiger partial charge is 0.372 e. The van der Waals surface area contributed by atoms with Gasteiger partial charge >= 0.3 is 0 Å². The monoisotopic (exact) mass is 260 g/mol. The number of nitrogens with zero attached hydrogens (tertiary/aromatic N) is 3. The SMILES string of the molecule is CNCc1cn(CCOC(C)c2ccccc2)nn1. The van der Waals surface area contributed by atoms with E-state index in [1.807, 2.05) is 36.1 Å². The molecule has 19 heavy (non-hydrogen) atoms. The summed E-state index contributed by atoms with van der Waals surface area (Å²) < 4.78 is 7.61. The van der Waals surface area contributed by atoms with Crippen LogP contribution in [0.5, 0.6) is 0 Å². The van der Waals surface area contributed by atoms with E-state index in [0.29, 0.717) is 13.2 Å². The highest BCUT2D eigenvalue weighted by Crippen LogP contribution is 2.15. The van der Waals surface area contributed by atoms with Gasteiger partial charge in [-0.1, -0.05) is 35.5 Å². The summed E-state index contributed by atoms with van der Waals surface area (Å²) >= 11 is 0. The molecule has 5 nitrogen and oxygen atoms in total. The summed E-state index contributed by atoms with van der Waals surface area (Å²) in [5, 5.41) is 11.2. The van der Waals surface area contributed by atoms with Crippen molar-refractivity contribution >= 4 is 0 Å². The molecule has 2 aromatic rings. The highest BCUT2D eigenvalue weighted by Gasteiger charge is 2.05. The fourth-order valence-electron chi connectivity index (χ4n) is 1.85. The van der Waals surface area contributed by atoms with Crippen LogP contribution in [0, 0.1) is 0 Å². The van der Waals surface area contributed by atoms with E-state index in [9.17, 15) is 0 Å². The number of hydrogen-bond acceptors (Lipinski definition) is 4. The van der Waals surface area contributed by atoms with Crippen molar-refractivity contribution in [2.45, 2.75) is 26.1 Å². The van der Waals surface area contributed by atoms with Crippen molar-refractivity contribution in [2.75, 3.05) is 13.7 Å². The van der Waals surface area contributed by atoms with E-state index < -0.39 is 0 Å². The summed E-state index contributed by atoms with van der Waals surface area (Å²) in [6.45, 7) is 4.14. The lowest BCUT2D eigenvalue weighted by Crippen LogP contribution is -2.09. The quantitative estimate of drug-likeness (QED) is 0.824. The first-order valence-corrected chi connectivity index (χ1v) is 6.49. The van der Waals surface area contributed by atoms with Gasteiger partial charge in [0.1, 0.15) is 0 Å². The fraction of sp³-hybridized carbons (Fsp3) is 0.429. The second-order valence-corrected chi connectivity index (χ2v) is 4.43. The maximum Gasteiger partial charge on any atom is 0.0964 e. The van der Waals surface area contributed by atoms with Gasteiger partial charge in [-0.05, 0) is 19.5 Å². The number of rotatable bonds is 7. The smallest absolute Gasteiger partial charge is 0.0964 e. The van der Waals surface area contributed by atoms with Gasteiger partial charge in [-0.2, -0.15) is 0 Å². The molecule has 0 amide bonds. The summed E-state index contributed by atoms with van der Waals surface area (Å²) in [6, 6.07) is 10.2. The Morgan fingerprint density at radius 3 is 2.84 bits per heavy atom. The van der Waals surface area contributed by atoms with Crippen LogP contribution in [0.4, 0.5) is 0 Å². The molecule has 0 fully saturated rings. The standard InChI is InChI=1S/C14H20N4O/c1-12(13-6-4-3-5-7-13)19-9-8-18-11-14(10-15-2)16-17-18/h3-7,11-12,15H,8-10H2,1-2H3. The number of aromatic nitrogens is 3. The third kappa shape index (κ3) is 4.15. The Labute approximate surface area is 113 Å². The van der Waals surface area contributed by atoms with Crippen LogP contribution in [0.15, 0.2) is 36.5 Å². The highest BCUT2D eigenvalue weighted by molar-refractivity contribution is 5.16. The summed E-state index contributed by atoms with van der Waals surface area (Å²) in [6.07, 6.45) is 2.04. The van der Waals surface area contributed by atoms with Gasteiger partial charge in [-0.3, -0.25) is 0 Å². The van der Waals surface area contributed by atoms with Crippen LogP contribution in [0.1, 0.15) is 24.3 Å². The average Bonchev–Trinajstić information content (AvgIpc) is 2.88. The Morgan fingerprint density at radius 2 is 2.11 bits per heavy atom. The Hall–Kier alpha value is -1.72. The molecule has 0 bridgehead atoms. The molecular formula is C14H20N4O. The van der Waals surface area contributed by atoms with Crippen LogP contribution in [-0.2, 0) is 17.8 Å². The highest BCUT2D eigenvalue weighted by atomic mass is 16.5. The van der Waals surface area contributed by atoms with E-state index in [-0.39, 0.29) is 6.10 Å². The lowest BCUT2D eigenvalue weighted by molar-refractivity contribution is 0.0580. The van der Waals surface area contributed by atoms with Crippen LogP contribution in [0.3, 0.4) is 0 Å². The van der Waals surface area contributed by atoms with Crippen molar-refractivity contribution in [3.63, 3.8) is 0 Å². The van der Waals surface area contributed by atoms with Crippen molar-refractivity contribution in [3.05, 3.63) is 47.8 Å². The lowest BCUT2D eigenvalue weighted by Gasteiger charge is -2.13. The average molecular weight is 260 g/mol. The normalized spacial score (nSPS) is 12.5. The van der Waals surface area contributed by atoms with Gasteiger partial charge in [0.05, 0.1) is 24.9 Å². The first-order chi connectivity index (χ1) is 9.29. The minimum atomic E-state index is 0.0986. The molecule has 0 aliphatic heterocycles. The van der Waals surface area contributed by atoms with Gasteiger partial charge in [-0.15, -0.1) is 5.10 Å². The van der Waals surface area contributed by atoms with Crippen LogP contribution >= 0.6 is 0 Å². The van der Waals surface area contributed by atoms with Gasteiger partial charge in [0.2, 0.25) is 0 Å². The van der Waals surface area contributed by atoms with E-state index in [4.69, 9.17) is 4.74 Å². The summed E-state index contributed by atoms with van der Waals surface area (Å²) in [5.41, 5.74) is 2.13. The molecule has 1 heterocycles. The summed E-state index contributed by atoms with van der Waals surface area (Å²) in [7, 11) is 1.89. The minimum absolute atomic E-state index is 0.0986. The van der Waals surface area contributed by atoms with Crippen molar-refractivity contribution in [2.24, 2.45) is 0 Å². The number of hydrogen-bond donors (Lipinski definition) is 1. The Morgan fingerprint density at radius 1 is 1.32 bits per heavy atom. The van der Waals surface area contributed by atoms with Crippen molar-refractivity contribution in [1.82, 2.24) is 20.3 Å². The fourth-order valence-corrected chi connectivity index (χ4v) is 1.85. The van der Waals surface area contributed by atoms with E-state index in [1.54, 1.807) is 0 Å². The zero-order valence-corrected chi connectivity index (χ0v) is 11.4. The zero-order chi connectivity index (χ0) is 13.5.